The fourth-order valence-corrected chi connectivity index (χ4v) is 2.52. The van der Waals surface area contributed by atoms with Crippen molar-refractivity contribution in [2.24, 2.45) is 11.7 Å². The monoisotopic (exact) mass is 276 g/mol. The van der Waals surface area contributed by atoms with Gasteiger partial charge in [0.2, 0.25) is 5.91 Å². The maximum atomic E-state index is 12.5. The van der Waals surface area contributed by atoms with Crippen molar-refractivity contribution in [1.29, 1.82) is 0 Å². The molecule has 3 heteroatoms. The van der Waals surface area contributed by atoms with Gasteiger partial charge >= 0.3 is 0 Å². The van der Waals surface area contributed by atoms with Gasteiger partial charge in [0, 0.05) is 12.5 Å². The number of amides is 1. The number of benzene rings is 1. The zero-order chi connectivity index (χ0) is 15.0. The van der Waals surface area contributed by atoms with Crippen molar-refractivity contribution in [3.63, 3.8) is 0 Å². The number of nitrogens with one attached hydrogen (secondary N) is 1. The Hall–Kier alpha value is -1.35. The number of hydrogen-bond acceptors (Lipinski definition) is 2. The summed E-state index contributed by atoms with van der Waals surface area (Å²) in [4.78, 5) is 12.5. The first kappa shape index (κ1) is 16.7. The molecule has 0 aromatic heterocycles. The summed E-state index contributed by atoms with van der Waals surface area (Å²) in [5, 5.41) is 3.17. The molecule has 0 aliphatic carbocycles. The molecule has 1 aromatic carbocycles. The van der Waals surface area contributed by atoms with Gasteiger partial charge in [0.05, 0.1) is 5.54 Å². The van der Waals surface area contributed by atoms with E-state index in [0.29, 0.717) is 6.54 Å². The second-order valence-corrected chi connectivity index (χ2v) is 5.67. The molecule has 1 amide bonds. The number of carbonyl (C=O) groups excluding carboxylic acids is 1. The highest BCUT2D eigenvalue weighted by Gasteiger charge is 2.29. The van der Waals surface area contributed by atoms with Gasteiger partial charge in [-0.1, -0.05) is 57.0 Å². The van der Waals surface area contributed by atoms with E-state index in [1.54, 1.807) is 0 Å². The maximum absolute atomic E-state index is 12.5. The molecule has 3 N–H and O–H groups in total. The van der Waals surface area contributed by atoms with Crippen LogP contribution in [0.3, 0.4) is 0 Å². The summed E-state index contributed by atoms with van der Waals surface area (Å²) < 4.78 is 0. The number of nitrogens with two attached hydrogens (primary N) is 1. The van der Waals surface area contributed by atoms with Gasteiger partial charge in [-0.3, -0.25) is 4.79 Å². The van der Waals surface area contributed by atoms with Crippen molar-refractivity contribution >= 4 is 5.91 Å². The quantitative estimate of drug-likeness (QED) is 0.766. The standard InChI is InChI=1S/C17H28N2O/c1-4-9-14(10-5-2)16(20)19-17(3,13-18)15-11-7-6-8-12-15/h6-8,11-12,14H,4-5,9-10,13,18H2,1-3H3,(H,19,20). The van der Waals surface area contributed by atoms with Crippen LogP contribution in [0.25, 0.3) is 0 Å². The Kier molecular flexibility index (Phi) is 6.73. The Morgan fingerprint density at radius 1 is 1.20 bits per heavy atom. The largest absolute Gasteiger partial charge is 0.345 e. The molecule has 1 rings (SSSR count). The summed E-state index contributed by atoms with van der Waals surface area (Å²) in [5.41, 5.74) is 6.49. The van der Waals surface area contributed by atoms with E-state index >= 15 is 0 Å². The number of rotatable bonds is 8. The highest BCUT2D eigenvalue weighted by molar-refractivity contribution is 5.79. The van der Waals surface area contributed by atoms with Crippen LogP contribution < -0.4 is 11.1 Å². The second-order valence-electron chi connectivity index (χ2n) is 5.67. The van der Waals surface area contributed by atoms with E-state index in [4.69, 9.17) is 5.73 Å². The molecule has 0 bridgehead atoms. The molecule has 1 atom stereocenters. The van der Waals surface area contributed by atoms with E-state index in [0.717, 1.165) is 31.2 Å². The van der Waals surface area contributed by atoms with E-state index in [1.165, 1.54) is 0 Å². The van der Waals surface area contributed by atoms with Crippen LogP contribution in [0, 0.1) is 5.92 Å². The van der Waals surface area contributed by atoms with E-state index in [9.17, 15) is 4.79 Å². The minimum atomic E-state index is -0.488. The first-order chi connectivity index (χ1) is 9.57. The van der Waals surface area contributed by atoms with Gasteiger partial charge in [-0.2, -0.15) is 0 Å². The maximum Gasteiger partial charge on any atom is 0.223 e. The molecule has 0 saturated carbocycles. The molecule has 0 spiro atoms. The topological polar surface area (TPSA) is 55.1 Å². The van der Waals surface area contributed by atoms with E-state index in [-0.39, 0.29) is 11.8 Å². The Morgan fingerprint density at radius 3 is 2.20 bits per heavy atom. The summed E-state index contributed by atoms with van der Waals surface area (Å²) in [6.45, 7) is 6.63. The van der Waals surface area contributed by atoms with Crippen molar-refractivity contribution in [3.05, 3.63) is 35.9 Å². The van der Waals surface area contributed by atoms with E-state index < -0.39 is 5.54 Å². The van der Waals surface area contributed by atoms with Gasteiger partial charge in [-0.15, -0.1) is 0 Å². The fourth-order valence-electron chi connectivity index (χ4n) is 2.52. The highest BCUT2D eigenvalue weighted by atomic mass is 16.2. The first-order valence-corrected chi connectivity index (χ1v) is 7.65. The average molecular weight is 276 g/mol. The van der Waals surface area contributed by atoms with Crippen molar-refractivity contribution in [1.82, 2.24) is 5.32 Å². The molecule has 20 heavy (non-hydrogen) atoms. The average Bonchev–Trinajstić information content (AvgIpc) is 2.47. The first-order valence-electron chi connectivity index (χ1n) is 7.65. The lowest BCUT2D eigenvalue weighted by Crippen LogP contribution is -2.50. The zero-order valence-corrected chi connectivity index (χ0v) is 13.0. The fraction of sp³-hybridized carbons (Fsp3) is 0.588. The lowest BCUT2D eigenvalue weighted by Gasteiger charge is -2.32. The summed E-state index contributed by atoms with van der Waals surface area (Å²) in [5.74, 6) is 0.227. The minimum absolute atomic E-state index is 0.0968. The van der Waals surface area contributed by atoms with Gasteiger partial charge in [0.15, 0.2) is 0 Å². The van der Waals surface area contributed by atoms with Crippen LogP contribution in [0.5, 0.6) is 0 Å². The third-order valence-electron chi connectivity index (χ3n) is 3.86. The summed E-state index contributed by atoms with van der Waals surface area (Å²) in [6.07, 6.45) is 3.94. The molecule has 0 heterocycles. The van der Waals surface area contributed by atoms with Gasteiger partial charge in [-0.05, 0) is 25.3 Å². The Morgan fingerprint density at radius 2 is 1.75 bits per heavy atom. The van der Waals surface area contributed by atoms with Crippen molar-refractivity contribution in [2.75, 3.05) is 6.54 Å². The van der Waals surface area contributed by atoms with Gasteiger partial charge in [0.1, 0.15) is 0 Å². The van der Waals surface area contributed by atoms with Crippen LogP contribution in [0.1, 0.15) is 52.0 Å². The molecule has 0 radical (unpaired) electrons. The van der Waals surface area contributed by atoms with Crippen molar-refractivity contribution in [2.45, 2.75) is 52.0 Å². The predicted molar refractivity (Wildman–Crippen MR) is 84.3 cm³/mol. The van der Waals surface area contributed by atoms with Gasteiger partial charge in [0.25, 0.3) is 0 Å². The van der Waals surface area contributed by atoms with Crippen LogP contribution in [-0.4, -0.2) is 12.5 Å². The minimum Gasteiger partial charge on any atom is -0.345 e. The van der Waals surface area contributed by atoms with Crippen LogP contribution in [0.2, 0.25) is 0 Å². The summed E-state index contributed by atoms with van der Waals surface area (Å²) >= 11 is 0. The van der Waals surface area contributed by atoms with Gasteiger partial charge < -0.3 is 11.1 Å². The molecular weight excluding hydrogens is 248 g/mol. The lowest BCUT2D eigenvalue weighted by atomic mass is 9.89. The number of hydrogen-bond donors (Lipinski definition) is 2. The molecule has 0 saturated heterocycles. The molecule has 3 nitrogen and oxygen atoms in total. The molecule has 1 unspecified atom stereocenters. The highest BCUT2D eigenvalue weighted by Crippen LogP contribution is 2.22. The molecule has 0 fully saturated rings. The van der Waals surface area contributed by atoms with Crippen molar-refractivity contribution < 1.29 is 4.79 Å². The Bertz CT molecular complexity index is 399. The van der Waals surface area contributed by atoms with Crippen LogP contribution in [-0.2, 0) is 10.3 Å². The third kappa shape index (κ3) is 4.34. The Balaban J connectivity index is 2.83. The normalized spacial score (nSPS) is 14.1. The summed E-state index contributed by atoms with van der Waals surface area (Å²) in [6, 6.07) is 9.96. The van der Waals surface area contributed by atoms with Crippen LogP contribution in [0.15, 0.2) is 30.3 Å². The van der Waals surface area contributed by atoms with E-state index in [2.05, 4.69) is 19.2 Å². The van der Waals surface area contributed by atoms with Crippen LogP contribution in [0.4, 0.5) is 0 Å². The third-order valence-corrected chi connectivity index (χ3v) is 3.86. The van der Waals surface area contributed by atoms with Gasteiger partial charge in [-0.25, -0.2) is 0 Å². The molecule has 1 aromatic rings. The predicted octanol–water partition coefficient (Wildman–Crippen LogP) is 3.19. The molecule has 0 aliphatic rings. The zero-order valence-electron chi connectivity index (χ0n) is 13.0. The SMILES string of the molecule is CCCC(CCC)C(=O)NC(C)(CN)c1ccccc1. The summed E-state index contributed by atoms with van der Waals surface area (Å²) in [7, 11) is 0. The molecular formula is C17H28N2O. The lowest BCUT2D eigenvalue weighted by molar-refractivity contribution is -0.127. The van der Waals surface area contributed by atoms with E-state index in [1.807, 2.05) is 37.3 Å². The second kappa shape index (κ2) is 8.05. The smallest absolute Gasteiger partial charge is 0.223 e. The van der Waals surface area contributed by atoms with Crippen LogP contribution >= 0.6 is 0 Å². The Labute approximate surface area is 122 Å². The van der Waals surface area contributed by atoms with Crippen molar-refractivity contribution in [3.8, 4) is 0 Å². The molecule has 0 aliphatic heterocycles. The number of carbonyl (C=O) groups is 1. The molecule has 112 valence electrons.